The first-order valence-electron chi connectivity index (χ1n) is 9.90. The summed E-state index contributed by atoms with van der Waals surface area (Å²) in [6.07, 6.45) is -3.71. The molecule has 7 nitrogen and oxygen atoms in total. The molecule has 1 aliphatic rings. The van der Waals surface area contributed by atoms with Gasteiger partial charge in [-0.3, -0.25) is 9.59 Å². The number of carbonyl (C=O) groups excluding carboxylic acids is 2. The number of nitrogens with one attached hydrogen (secondary N) is 2. The van der Waals surface area contributed by atoms with Crippen LogP contribution in [-0.2, 0) is 32.3 Å². The van der Waals surface area contributed by atoms with Crippen LogP contribution >= 0.6 is 0 Å². The van der Waals surface area contributed by atoms with E-state index in [0.717, 1.165) is 29.8 Å². The van der Waals surface area contributed by atoms with Crippen molar-refractivity contribution in [3.63, 3.8) is 0 Å². The summed E-state index contributed by atoms with van der Waals surface area (Å²) in [6.45, 7) is 0.519. The highest BCUT2D eigenvalue weighted by Gasteiger charge is 2.36. The fraction of sp³-hybridized carbons (Fsp3) is 0.333. The van der Waals surface area contributed by atoms with E-state index in [0.29, 0.717) is 19.0 Å². The maximum absolute atomic E-state index is 13.0. The Morgan fingerprint density at radius 1 is 1.06 bits per heavy atom. The van der Waals surface area contributed by atoms with Crippen molar-refractivity contribution >= 4 is 27.5 Å². The second kappa shape index (κ2) is 9.70. The lowest BCUT2D eigenvalue weighted by atomic mass is 10.2. The molecule has 1 fully saturated rings. The minimum absolute atomic E-state index is 0.0753. The van der Waals surface area contributed by atoms with Gasteiger partial charge in [-0.05, 0) is 36.2 Å². The molecule has 2 aromatic rings. The minimum Gasteiger partial charge on any atom is -0.352 e. The number of benzene rings is 2. The van der Waals surface area contributed by atoms with Crippen molar-refractivity contribution in [3.05, 3.63) is 59.7 Å². The monoisotopic (exact) mass is 469 g/mol. The third-order valence-electron chi connectivity index (χ3n) is 4.94. The molecule has 2 amide bonds. The van der Waals surface area contributed by atoms with Gasteiger partial charge < -0.3 is 10.2 Å². The first-order valence-corrected chi connectivity index (χ1v) is 11.4. The highest BCUT2D eigenvalue weighted by Crippen LogP contribution is 2.33. The maximum atomic E-state index is 13.0. The molecule has 0 unspecified atom stereocenters. The number of hydrogen-bond acceptors (Lipinski definition) is 4. The molecule has 2 N–H and O–H groups in total. The van der Waals surface area contributed by atoms with Crippen LogP contribution in [0.2, 0.25) is 0 Å². The molecule has 0 saturated carbocycles. The number of carbonyl (C=O) groups is 2. The van der Waals surface area contributed by atoms with E-state index >= 15 is 0 Å². The van der Waals surface area contributed by atoms with E-state index < -0.39 is 32.6 Å². The van der Waals surface area contributed by atoms with Crippen molar-refractivity contribution in [1.82, 2.24) is 10.0 Å². The van der Waals surface area contributed by atoms with Crippen LogP contribution in [0, 0.1) is 0 Å². The van der Waals surface area contributed by atoms with E-state index in [-0.39, 0.29) is 25.4 Å². The fourth-order valence-electron chi connectivity index (χ4n) is 3.32. The zero-order valence-corrected chi connectivity index (χ0v) is 17.8. The molecular weight excluding hydrogens is 447 g/mol. The molecule has 0 bridgehead atoms. The van der Waals surface area contributed by atoms with Crippen LogP contribution in [0.3, 0.4) is 0 Å². The Kier molecular flexibility index (Phi) is 7.19. The summed E-state index contributed by atoms with van der Waals surface area (Å²) >= 11 is 0. The molecule has 0 radical (unpaired) electrons. The van der Waals surface area contributed by atoms with Gasteiger partial charge in [0.25, 0.3) is 0 Å². The van der Waals surface area contributed by atoms with Crippen molar-refractivity contribution in [1.29, 1.82) is 0 Å². The lowest BCUT2D eigenvalue weighted by molar-refractivity contribution is -0.140. The van der Waals surface area contributed by atoms with E-state index in [1.54, 1.807) is 29.2 Å². The Balaban J connectivity index is 1.49. The summed E-state index contributed by atoms with van der Waals surface area (Å²) in [6, 6.07) is 11.0. The SMILES string of the molecule is O=C(CCNS(=O)(=O)c1ccccc1C(F)(F)F)NCc1ccc(N2CCCC2=O)cc1. The molecule has 0 aliphatic carbocycles. The molecule has 0 atom stereocenters. The van der Waals surface area contributed by atoms with Gasteiger partial charge in [0.1, 0.15) is 0 Å². The van der Waals surface area contributed by atoms with Crippen molar-refractivity contribution in [2.75, 3.05) is 18.0 Å². The van der Waals surface area contributed by atoms with Gasteiger partial charge in [0, 0.05) is 38.2 Å². The van der Waals surface area contributed by atoms with E-state index in [9.17, 15) is 31.2 Å². The van der Waals surface area contributed by atoms with Gasteiger partial charge in [0.2, 0.25) is 21.8 Å². The van der Waals surface area contributed by atoms with E-state index in [2.05, 4.69) is 5.32 Å². The predicted molar refractivity (Wildman–Crippen MR) is 111 cm³/mol. The highest BCUT2D eigenvalue weighted by molar-refractivity contribution is 7.89. The number of halogens is 3. The third kappa shape index (κ3) is 5.86. The first kappa shape index (κ1) is 23.7. The summed E-state index contributed by atoms with van der Waals surface area (Å²) in [4.78, 5) is 24.6. The predicted octanol–water partition coefficient (Wildman–Crippen LogP) is 2.82. The van der Waals surface area contributed by atoms with E-state index in [4.69, 9.17) is 0 Å². The zero-order valence-electron chi connectivity index (χ0n) is 17.0. The molecule has 1 saturated heterocycles. The summed E-state index contributed by atoms with van der Waals surface area (Å²) in [7, 11) is -4.44. The van der Waals surface area contributed by atoms with Crippen molar-refractivity contribution < 1.29 is 31.2 Å². The van der Waals surface area contributed by atoms with E-state index in [1.165, 1.54) is 6.07 Å². The second-order valence-electron chi connectivity index (χ2n) is 7.23. The Hall–Kier alpha value is -2.92. The topological polar surface area (TPSA) is 95.6 Å². The van der Waals surface area contributed by atoms with Gasteiger partial charge in [-0.2, -0.15) is 13.2 Å². The summed E-state index contributed by atoms with van der Waals surface area (Å²) in [5.74, 6) is -0.387. The first-order chi connectivity index (χ1) is 15.1. The average molecular weight is 469 g/mol. The Morgan fingerprint density at radius 2 is 1.75 bits per heavy atom. The van der Waals surface area contributed by atoms with Crippen LogP contribution in [0.5, 0.6) is 0 Å². The third-order valence-corrected chi connectivity index (χ3v) is 6.46. The van der Waals surface area contributed by atoms with Crippen LogP contribution < -0.4 is 14.9 Å². The second-order valence-corrected chi connectivity index (χ2v) is 8.97. The number of hydrogen-bond donors (Lipinski definition) is 2. The van der Waals surface area contributed by atoms with Crippen molar-refractivity contribution in [3.8, 4) is 0 Å². The van der Waals surface area contributed by atoms with Crippen LogP contribution in [0.25, 0.3) is 0 Å². The fourth-order valence-corrected chi connectivity index (χ4v) is 4.57. The number of rotatable bonds is 8. The van der Waals surface area contributed by atoms with E-state index in [1.807, 2.05) is 4.72 Å². The molecule has 1 aliphatic heterocycles. The lowest BCUT2D eigenvalue weighted by Crippen LogP contribution is -2.31. The standard InChI is InChI=1S/C21H22F3N3O4S/c22-21(23,24)17-4-1-2-5-18(17)32(30,31)26-12-11-19(28)25-14-15-7-9-16(10-8-15)27-13-3-6-20(27)29/h1-2,4-5,7-10,26H,3,6,11-14H2,(H,25,28). The summed E-state index contributed by atoms with van der Waals surface area (Å²) in [5.41, 5.74) is 0.306. The number of anilines is 1. The van der Waals surface area contributed by atoms with Crippen LogP contribution in [0.1, 0.15) is 30.4 Å². The van der Waals surface area contributed by atoms with Crippen molar-refractivity contribution in [2.24, 2.45) is 0 Å². The Morgan fingerprint density at radius 3 is 2.38 bits per heavy atom. The lowest BCUT2D eigenvalue weighted by Gasteiger charge is -2.16. The van der Waals surface area contributed by atoms with Crippen LogP contribution in [0.4, 0.5) is 18.9 Å². The number of sulfonamides is 1. The normalized spacial score (nSPS) is 14.6. The van der Waals surface area contributed by atoms with Gasteiger partial charge >= 0.3 is 6.18 Å². The number of amides is 2. The van der Waals surface area contributed by atoms with Gasteiger partial charge in [-0.25, -0.2) is 13.1 Å². The molecule has 3 rings (SSSR count). The van der Waals surface area contributed by atoms with Gasteiger partial charge in [-0.1, -0.05) is 24.3 Å². The van der Waals surface area contributed by atoms with Gasteiger partial charge in [0.15, 0.2) is 0 Å². The largest absolute Gasteiger partial charge is 0.417 e. The molecule has 32 heavy (non-hydrogen) atoms. The van der Waals surface area contributed by atoms with Crippen molar-refractivity contribution in [2.45, 2.75) is 36.9 Å². The Bertz CT molecular complexity index is 1090. The molecule has 0 aromatic heterocycles. The summed E-state index contributed by atoms with van der Waals surface area (Å²) < 4.78 is 65.7. The van der Waals surface area contributed by atoms with Crippen LogP contribution in [-0.4, -0.2) is 33.3 Å². The molecule has 172 valence electrons. The number of nitrogens with zero attached hydrogens (tertiary/aromatic N) is 1. The summed E-state index contributed by atoms with van der Waals surface area (Å²) in [5, 5.41) is 2.62. The molecule has 11 heteroatoms. The number of alkyl halides is 3. The smallest absolute Gasteiger partial charge is 0.352 e. The highest BCUT2D eigenvalue weighted by atomic mass is 32.2. The molecule has 0 spiro atoms. The Labute approximate surface area is 183 Å². The van der Waals surface area contributed by atoms with Gasteiger partial charge in [-0.15, -0.1) is 0 Å². The molecular formula is C21H22F3N3O4S. The molecule has 1 heterocycles. The molecule has 2 aromatic carbocycles. The zero-order chi connectivity index (χ0) is 23.4. The average Bonchev–Trinajstić information content (AvgIpc) is 3.18. The van der Waals surface area contributed by atoms with Gasteiger partial charge in [0.05, 0.1) is 10.5 Å². The maximum Gasteiger partial charge on any atom is 0.417 e. The minimum atomic E-state index is -4.82. The van der Waals surface area contributed by atoms with Crippen LogP contribution in [0.15, 0.2) is 53.4 Å². The quantitative estimate of drug-likeness (QED) is 0.622.